The lowest BCUT2D eigenvalue weighted by molar-refractivity contribution is 0.0687. The highest BCUT2D eigenvalue weighted by molar-refractivity contribution is 5.94. The molecule has 1 aromatic heterocycles. The number of hydrogen-bond acceptors (Lipinski definition) is 3. The van der Waals surface area contributed by atoms with E-state index in [-0.39, 0.29) is 5.91 Å². The molecular formula is C17H19N3O2. The quantitative estimate of drug-likeness (QED) is 0.853. The van der Waals surface area contributed by atoms with E-state index in [0.717, 1.165) is 30.5 Å². The second-order valence-electron chi connectivity index (χ2n) is 5.93. The van der Waals surface area contributed by atoms with Gasteiger partial charge in [-0.25, -0.2) is 4.68 Å². The molecule has 2 aromatic rings. The van der Waals surface area contributed by atoms with Crippen LogP contribution < -0.4 is 0 Å². The summed E-state index contributed by atoms with van der Waals surface area (Å²) in [4.78, 5) is 14.4. The van der Waals surface area contributed by atoms with Crippen LogP contribution in [0.25, 0.3) is 5.69 Å². The van der Waals surface area contributed by atoms with Crippen molar-refractivity contribution in [2.45, 2.75) is 26.2 Å². The molecule has 22 heavy (non-hydrogen) atoms. The molecule has 1 aliphatic heterocycles. The zero-order valence-electron chi connectivity index (χ0n) is 12.7. The third-order valence-electron chi connectivity index (χ3n) is 4.52. The molecule has 2 heterocycles. The molecule has 2 aliphatic rings. The van der Waals surface area contributed by atoms with E-state index in [0.29, 0.717) is 25.6 Å². The number of carbonyl (C=O) groups excluding carboxylic acids is 1. The molecule has 1 amide bonds. The van der Waals surface area contributed by atoms with E-state index in [1.807, 2.05) is 16.8 Å². The van der Waals surface area contributed by atoms with Gasteiger partial charge in [-0.1, -0.05) is 18.2 Å². The van der Waals surface area contributed by atoms with Gasteiger partial charge < -0.3 is 9.64 Å². The zero-order valence-corrected chi connectivity index (χ0v) is 12.7. The number of amides is 1. The summed E-state index contributed by atoms with van der Waals surface area (Å²) in [6, 6.07) is 8.18. The number of carbonyl (C=O) groups is 1. The summed E-state index contributed by atoms with van der Waals surface area (Å²) in [5.74, 6) is 0.00276. The van der Waals surface area contributed by atoms with Crippen LogP contribution in [0.4, 0.5) is 0 Å². The van der Waals surface area contributed by atoms with Gasteiger partial charge in [0, 0.05) is 17.8 Å². The summed E-state index contributed by atoms with van der Waals surface area (Å²) < 4.78 is 7.27. The minimum Gasteiger partial charge on any atom is -0.359 e. The Hall–Kier alpha value is -2.14. The van der Waals surface area contributed by atoms with E-state index in [1.54, 1.807) is 4.90 Å². The van der Waals surface area contributed by atoms with E-state index >= 15 is 0 Å². The van der Waals surface area contributed by atoms with Gasteiger partial charge in [0.25, 0.3) is 5.91 Å². The number of aromatic nitrogens is 2. The van der Waals surface area contributed by atoms with Crippen LogP contribution in [0.1, 0.15) is 33.7 Å². The van der Waals surface area contributed by atoms with Crippen LogP contribution in [0.15, 0.2) is 24.3 Å². The predicted octanol–water partition coefficient (Wildman–Crippen LogP) is 2.10. The van der Waals surface area contributed by atoms with E-state index in [9.17, 15) is 4.79 Å². The molecule has 0 bridgehead atoms. The van der Waals surface area contributed by atoms with Crippen LogP contribution in [0.5, 0.6) is 0 Å². The second kappa shape index (κ2) is 5.25. The van der Waals surface area contributed by atoms with Crippen molar-refractivity contribution in [3.63, 3.8) is 0 Å². The van der Waals surface area contributed by atoms with Gasteiger partial charge in [0.2, 0.25) is 0 Å². The van der Waals surface area contributed by atoms with Crippen LogP contribution in [0.3, 0.4) is 0 Å². The fraction of sp³-hybridized carbons (Fsp3) is 0.412. The van der Waals surface area contributed by atoms with Gasteiger partial charge >= 0.3 is 0 Å². The van der Waals surface area contributed by atoms with Gasteiger partial charge in [-0.05, 0) is 37.8 Å². The fourth-order valence-electron chi connectivity index (χ4n) is 3.33. The Kier molecular flexibility index (Phi) is 3.22. The highest BCUT2D eigenvalue weighted by Crippen LogP contribution is 2.29. The molecule has 0 N–H and O–H groups in total. The number of rotatable bonds is 2. The molecule has 0 saturated carbocycles. The van der Waals surface area contributed by atoms with Crippen molar-refractivity contribution in [3.05, 3.63) is 46.8 Å². The Bertz CT molecular complexity index is 730. The van der Waals surface area contributed by atoms with Gasteiger partial charge in [0.05, 0.1) is 12.3 Å². The first-order valence-electron chi connectivity index (χ1n) is 7.79. The number of hydrogen-bond donors (Lipinski definition) is 0. The monoisotopic (exact) mass is 297 g/mol. The van der Waals surface area contributed by atoms with Crippen molar-refractivity contribution in [1.29, 1.82) is 0 Å². The van der Waals surface area contributed by atoms with E-state index in [2.05, 4.69) is 24.2 Å². The fourth-order valence-corrected chi connectivity index (χ4v) is 3.33. The molecular weight excluding hydrogens is 278 g/mol. The molecule has 1 aromatic carbocycles. The SMILES string of the molecule is Cc1ccccc1-n1nc(C(=O)N2CCOC2)c2c1CCC2. The maximum Gasteiger partial charge on any atom is 0.276 e. The van der Waals surface area contributed by atoms with Gasteiger partial charge in [-0.2, -0.15) is 5.10 Å². The van der Waals surface area contributed by atoms with Crippen molar-refractivity contribution < 1.29 is 9.53 Å². The molecule has 0 unspecified atom stereocenters. The molecule has 1 aliphatic carbocycles. The molecule has 5 nitrogen and oxygen atoms in total. The van der Waals surface area contributed by atoms with E-state index in [1.165, 1.54) is 11.3 Å². The summed E-state index contributed by atoms with van der Waals surface area (Å²) in [5, 5.41) is 4.68. The predicted molar refractivity (Wildman–Crippen MR) is 82.2 cm³/mol. The number of benzene rings is 1. The first-order valence-corrected chi connectivity index (χ1v) is 7.79. The van der Waals surface area contributed by atoms with E-state index < -0.39 is 0 Å². The Morgan fingerprint density at radius 3 is 2.91 bits per heavy atom. The summed E-state index contributed by atoms with van der Waals surface area (Å²) in [6.45, 7) is 3.73. The van der Waals surface area contributed by atoms with Gasteiger partial charge in [0.1, 0.15) is 6.73 Å². The first-order chi connectivity index (χ1) is 10.8. The molecule has 4 rings (SSSR count). The number of para-hydroxylation sites is 1. The Morgan fingerprint density at radius 1 is 1.27 bits per heavy atom. The van der Waals surface area contributed by atoms with Gasteiger partial charge in [0.15, 0.2) is 5.69 Å². The smallest absolute Gasteiger partial charge is 0.276 e. The first kappa shape index (κ1) is 13.5. The van der Waals surface area contributed by atoms with Crippen LogP contribution in [0.2, 0.25) is 0 Å². The maximum absolute atomic E-state index is 12.7. The summed E-state index contributed by atoms with van der Waals surface area (Å²) in [5.41, 5.74) is 5.17. The van der Waals surface area contributed by atoms with Crippen molar-refractivity contribution >= 4 is 5.91 Å². The maximum atomic E-state index is 12.7. The summed E-state index contributed by atoms with van der Waals surface area (Å²) >= 11 is 0. The van der Waals surface area contributed by atoms with Crippen LogP contribution >= 0.6 is 0 Å². The Labute approximate surface area is 129 Å². The molecule has 0 atom stereocenters. The Balaban J connectivity index is 1.80. The summed E-state index contributed by atoms with van der Waals surface area (Å²) in [7, 11) is 0. The minimum absolute atomic E-state index is 0.00276. The molecule has 5 heteroatoms. The lowest BCUT2D eigenvalue weighted by atomic mass is 10.1. The highest BCUT2D eigenvalue weighted by Gasteiger charge is 2.30. The van der Waals surface area contributed by atoms with Crippen molar-refractivity contribution in [2.75, 3.05) is 19.9 Å². The van der Waals surface area contributed by atoms with Crippen molar-refractivity contribution in [3.8, 4) is 5.69 Å². The van der Waals surface area contributed by atoms with Gasteiger partial charge in [-0.15, -0.1) is 0 Å². The lowest BCUT2D eigenvalue weighted by Gasteiger charge is -2.12. The number of fused-ring (bicyclic) bond motifs is 1. The number of nitrogens with zero attached hydrogens (tertiary/aromatic N) is 3. The van der Waals surface area contributed by atoms with Gasteiger partial charge in [-0.3, -0.25) is 4.79 Å². The molecule has 0 spiro atoms. The molecule has 114 valence electrons. The molecule has 1 fully saturated rings. The normalized spacial score (nSPS) is 17.0. The van der Waals surface area contributed by atoms with E-state index in [4.69, 9.17) is 4.74 Å². The average Bonchev–Trinajstić information content (AvgIpc) is 3.25. The largest absolute Gasteiger partial charge is 0.359 e. The number of ether oxygens (including phenoxy) is 1. The third kappa shape index (κ3) is 2.04. The van der Waals surface area contributed by atoms with Crippen LogP contribution in [-0.2, 0) is 17.6 Å². The lowest BCUT2D eigenvalue weighted by Crippen LogP contribution is -2.29. The van der Waals surface area contributed by atoms with Crippen LogP contribution in [-0.4, -0.2) is 40.5 Å². The van der Waals surface area contributed by atoms with Crippen LogP contribution in [0, 0.1) is 6.92 Å². The third-order valence-corrected chi connectivity index (χ3v) is 4.52. The van der Waals surface area contributed by atoms with Crippen molar-refractivity contribution in [2.24, 2.45) is 0 Å². The Morgan fingerprint density at radius 2 is 2.14 bits per heavy atom. The molecule has 0 radical (unpaired) electrons. The average molecular weight is 297 g/mol. The molecule has 1 saturated heterocycles. The summed E-state index contributed by atoms with van der Waals surface area (Å²) in [6.07, 6.45) is 3.02. The number of aryl methyl sites for hydroxylation is 1. The highest BCUT2D eigenvalue weighted by atomic mass is 16.5. The zero-order chi connectivity index (χ0) is 15.1. The van der Waals surface area contributed by atoms with Crippen molar-refractivity contribution in [1.82, 2.24) is 14.7 Å². The second-order valence-corrected chi connectivity index (χ2v) is 5.93. The standard InChI is InChI=1S/C17H19N3O2/c1-12-5-2-3-7-14(12)20-15-8-4-6-13(15)16(18-20)17(21)19-9-10-22-11-19/h2-3,5,7H,4,6,8-11H2,1H3. The minimum atomic E-state index is 0.00276. The topological polar surface area (TPSA) is 47.4 Å².